The molecule has 1 heterocycles. The van der Waals surface area contributed by atoms with E-state index in [1.807, 2.05) is 11.8 Å². The van der Waals surface area contributed by atoms with Crippen LogP contribution in [0.25, 0.3) is 0 Å². The maximum atomic E-state index is 12.4. The minimum absolute atomic E-state index is 0.0874. The fourth-order valence-electron chi connectivity index (χ4n) is 3.21. The molecule has 96 valence electrons. The van der Waals surface area contributed by atoms with Gasteiger partial charge in [-0.15, -0.1) is 0 Å². The Balaban J connectivity index is 1.98. The van der Waals surface area contributed by atoms with Gasteiger partial charge in [0.15, 0.2) is 0 Å². The Morgan fingerprint density at radius 1 is 1.41 bits per heavy atom. The summed E-state index contributed by atoms with van der Waals surface area (Å²) in [5.74, 6) is 1.49. The molecule has 0 aromatic carbocycles. The molecule has 1 amide bonds. The number of carbonyl (C=O) groups excluding carboxylic acids is 2. The molecule has 0 spiro atoms. The molecule has 3 atom stereocenters. The number of ketones is 1. The first-order valence-electron chi connectivity index (χ1n) is 6.95. The van der Waals surface area contributed by atoms with Crippen molar-refractivity contribution in [3.05, 3.63) is 0 Å². The van der Waals surface area contributed by atoms with E-state index >= 15 is 0 Å². The Hall–Kier alpha value is -0.860. The van der Waals surface area contributed by atoms with Crippen molar-refractivity contribution in [3.8, 4) is 0 Å². The quantitative estimate of drug-likeness (QED) is 0.738. The lowest BCUT2D eigenvalue weighted by Crippen LogP contribution is -2.46. The summed E-state index contributed by atoms with van der Waals surface area (Å²) in [4.78, 5) is 26.0. The maximum Gasteiger partial charge on any atom is 0.225 e. The van der Waals surface area contributed by atoms with Crippen LogP contribution in [0.2, 0.25) is 0 Å². The number of hydrogen-bond donors (Lipinski definition) is 0. The monoisotopic (exact) mass is 237 g/mol. The summed E-state index contributed by atoms with van der Waals surface area (Å²) in [6.45, 7) is 5.53. The van der Waals surface area contributed by atoms with Crippen molar-refractivity contribution in [2.45, 2.75) is 46.0 Å². The number of amides is 1. The van der Waals surface area contributed by atoms with Gasteiger partial charge in [0, 0.05) is 31.3 Å². The van der Waals surface area contributed by atoms with Gasteiger partial charge in [-0.25, -0.2) is 0 Å². The summed E-state index contributed by atoms with van der Waals surface area (Å²) in [7, 11) is 0. The molecule has 17 heavy (non-hydrogen) atoms. The van der Waals surface area contributed by atoms with Crippen LogP contribution in [-0.4, -0.2) is 29.7 Å². The summed E-state index contributed by atoms with van der Waals surface area (Å²) in [5.41, 5.74) is 0. The Kier molecular flexibility index (Phi) is 3.85. The highest BCUT2D eigenvalue weighted by Crippen LogP contribution is 2.33. The van der Waals surface area contributed by atoms with Crippen LogP contribution in [0.1, 0.15) is 46.0 Å². The molecule has 1 saturated heterocycles. The first kappa shape index (κ1) is 12.6. The standard InChI is InChI=1S/C14H23NO2/c1-3-11-9-15(8-7-13(11)16)14(17)12-6-4-5-10(12)2/h10-12H,3-9H2,1-2H3. The van der Waals surface area contributed by atoms with Crippen molar-refractivity contribution < 1.29 is 9.59 Å². The second-order valence-electron chi connectivity index (χ2n) is 5.62. The zero-order valence-electron chi connectivity index (χ0n) is 10.9. The van der Waals surface area contributed by atoms with Gasteiger partial charge in [0.2, 0.25) is 5.91 Å². The molecule has 1 aliphatic carbocycles. The predicted molar refractivity (Wildman–Crippen MR) is 66.5 cm³/mol. The zero-order chi connectivity index (χ0) is 12.4. The summed E-state index contributed by atoms with van der Waals surface area (Å²) >= 11 is 0. The molecule has 3 nitrogen and oxygen atoms in total. The molecule has 0 aromatic rings. The number of nitrogens with zero attached hydrogens (tertiary/aromatic N) is 1. The van der Waals surface area contributed by atoms with Gasteiger partial charge >= 0.3 is 0 Å². The molecular formula is C14H23NO2. The third-order valence-corrected chi connectivity index (χ3v) is 4.51. The SMILES string of the molecule is CCC1CN(C(=O)C2CCCC2C)CCC1=O. The second kappa shape index (κ2) is 5.19. The number of Topliss-reactive ketones (excluding diaryl/α,β-unsaturated/α-hetero) is 1. The first-order valence-corrected chi connectivity index (χ1v) is 6.95. The second-order valence-corrected chi connectivity index (χ2v) is 5.62. The van der Waals surface area contributed by atoms with Crippen molar-refractivity contribution in [1.82, 2.24) is 4.90 Å². The minimum Gasteiger partial charge on any atom is -0.341 e. The summed E-state index contributed by atoms with van der Waals surface area (Å²) in [5, 5.41) is 0. The average molecular weight is 237 g/mol. The molecule has 1 saturated carbocycles. The number of hydrogen-bond acceptors (Lipinski definition) is 2. The van der Waals surface area contributed by atoms with Crippen LogP contribution in [-0.2, 0) is 9.59 Å². The van der Waals surface area contributed by atoms with E-state index in [0.717, 1.165) is 12.8 Å². The molecule has 2 aliphatic rings. The van der Waals surface area contributed by atoms with Gasteiger partial charge in [-0.2, -0.15) is 0 Å². The largest absolute Gasteiger partial charge is 0.341 e. The first-order chi connectivity index (χ1) is 8.13. The fourth-order valence-corrected chi connectivity index (χ4v) is 3.21. The smallest absolute Gasteiger partial charge is 0.225 e. The normalized spacial score (nSPS) is 34.1. The molecule has 0 radical (unpaired) electrons. The Morgan fingerprint density at radius 2 is 2.18 bits per heavy atom. The summed E-state index contributed by atoms with van der Waals surface area (Å²) in [6.07, 6.45) is 4.83. The van der Waals surface area contributed by atoms with Gasteiger partial charge in [0.25, 0.3) is 0 Å². The average Bonchev–Trinajstić information content (AvgIpc) is 2.75. The number of piperidine rings is 1. The molecule has 3 heteroatoms. The lowest BCUT2D eigenvalue weighted by molar-refractivity contribution is -0.141. The zero-order valence-corrected chi connectivity index (χ0v) is 10.9. The highest BCUT2D eigenvalue weighted by molar-refractivity contribution is 5.86. The molecular weight excluding hydrogens is 214 g/mol. The van der Waals surface area contributed by atoms with Gasteiger partial charge in [-0.1, -0.05) is 20.3 Å². The van der Waals surface area contributed by atoms with E-state index in [2.05, 4.69) is 6.92 Å². The summed E-state index contributed by atoms with van der Waals surface area (Å²) < 4.78 is 0. The summed E-state index contributed by atoms with van der Waals surface area (Å²) in [6, 6.07) is 0. The van der Waals surface area contributed by atoms with E-state index in [1.54, 1.807) is 0 Å². The fraction of sp³-hybridized carbons (Fsp3) is 0.857. The van der Waals surface area contributed by atoms with E-state index in [-0.39, 0.29) is 11.8 Å². The van der Waals surface area contributed by atoms with Crippen molar-refractivity contribution >= 4 is 11.7 Å². The van der Waals surface area contributed by atoms with E-state index in [4.69, 9.17) is 0 Å². The third-order valence-electron chi connectivity index (χ3n) is 4.51. The van der Waals surface area contributed by atoms with Gasteiger partial charge in [0.1, 0.15) is 5.78 Å². The molecule has 0 bridgehead atoms. The Bertz CT molecular complexity index is 313. The lowest BCUT2D eigenvalue weighted by Gasteiger charge is -2.34. The van der Waals surface area contributed by atoms with Crippen molar-refractivity contribution in [2.24, 2.45) is 17.8 Å². The van der Waals surface area contributed by atoms with Crippen LogP contribution in [0, 0.1) is 17.8 Å². The van der Waals surface area contributed by atoms with Crippen LogP contribution in [0.15, 0.2) is 0 Å². The van der Waals surface area contributed by atoms with Crippen LogP contribution < -0.4 is 0 Å². The molecule has 2 rings (SSSR count). The Morgan fingerprint density at radius 3 is 2.76 bits per heavy atom. The van der Waals surface area contributed by atoms with E-state index < -0.39 is 0 Å². The molecule has 1 aliphatic heterocycles. The van der Waals surface area contributed by atoms with Gasteiger partial charge < -0.3 is 4.90 Å². The molecule has 3 unspecified atom stereocenters. The molecule has 2 fully saturated rings. The van der Waals surface area contributed by atoms with E-state index in [1.165, 1.54) is 12.8 Å². The predicted octanol–water partition coefficient (Wildman–Crippen LogP) is 2.25. The van der Waals surface area contributed by atoms with E-state index in [0.29, 0.717) is 37.1 Å². The number of likely N-dealkylation sites (tertiary alicyclic amines) is 1. The topological polar surface area (TPSA) is 37.4 Å². The number of carbonyl (C=O) groups is 2. The third kappa shape index (κ3) is 2.53. The van der Waals surface area contributed by atoms with Gasteiger partial charge in [-0.05, 0) is 25.2 Å². The van der Waals surface area contributed by atoms with Crippen LogP contribution in [0.3, 0.4) is 0 Å². The highest BCUT2D eigenvalue weighted by Gasteiger charge is 2.36. The minimum atomic E-state index is 0.0874. The van der Waals surface area contributed by atoms with Crippen molar-refractivity contribution in [1.29, 1.82) is 0 Å². The van der Waals surface area contributed by atoms with Gasteiger partial charge in [0.05, 0.1) is 0 Å². The molecule has 0 N–H and O–H groups in total. The molecule has 0 aromatic heterocycles. The van der Waals surface area contributed by atoms with E-state index in [9.17, 15) is 9.59 Å². The van der Waals surface area contributed by atoms with Crippen molar-refractivity contribution in [2.75, 3.05) is 13.1 Å². The maximum absolute atomic E-state index is 12.4. The van der Waals surface area contributed by atoms with Crippen LogP contribution >= 0.6 is 0 Å². The van der Waals surface area contributed by atoms with Gasteiger partial charge in [-0.3, -0.25) is 9.59 Å². The number of rotatable bonds is 2. The van der Waals surface area contributed by atoms with Crippen LogP contribution in [0.5, 0.6) is 0 Å². The Labute approximate surface area is 104 Å². The van der Waals surface area contributed by atoms with Crippen LogP contribution in [0.4, 0.5) is 0 Å². The lowest BCUT2D eigenvalue weighted by atomic mass is 9.91. The van der Waals surface area contributed by atoms with Crippen molar-refractivity contribution in [3.63, 3.8) is 0 Å². The highest BCUT2D eigenvalue weighted by atomic mass is 16.2.